The highest BCUT2D eigenvalue weighted by atomic mass is 16.7. The van der Waals surface area contributed by atoms with Crippen molar-refractivity contribution < 1.29 is 38.0 Å². The van der Waals surface area contributed by atoms with Gasteiger partial charge in [0.2, 0.25) is 0 Å². The van der Waals surface area contributed by atoms with Crippen molar-refractivity contribution in [3.05, 3.63) is 48.0 Å². The predicted octanol–water partition coefficient (Wildman–Crippen LogP) is 8.14. The van der Waals surface area contributed by atoms with Gasteiger partial charge in [-0.2, -0.15) is 0 Å². The van der Waals surface area contributed by atoms with Gasteiger partial charge < -0.3 is 28.4 Å². The van der Waals surface area contributed by atoms with E-state index >= 15 is 0 Å². The van der Waals surface area contributed by atoms with Crippen molar-refractivity contribution >= 4 is 11.8 Å². The molecule has 266 valence electrons. The SMILES string of the molecule is CO[C@@H](CC(=O)C[C@@H]1C[C@H](CC(=O)OC(C)(C)C)OC(C)(C)O1)C[C@H]1O[C@H](C[C@H](/C=C/CC(C)C)OCc2ccccc2)CC[C@@H]1C. The number of Topliss-reactive ketones (excluding diaryl/α,β-unsaturated/α-hetero) is 1. The maximum Gasteiger partial charge on any atom is 0.308 e. The molecule has 8 heteroatoms. The molecule has 0 bridgehead atoms. The second kappa shape index (κ2) is 18.6. The monoisotopic (exact) mass is 658 g/mol. The first-order valence-corrected chi connectivity index (χ1v) is 17.7. The third-order valence-electron chi connectivity index (χ3n) is 8.69. The molecule has 2 fully saturated rings. The summed E-state index contributed by atoms with van der Waals surface area (Å²) in [6.45, 7) is 16.4. The first-order chi connectivity index (χ1) is 22.1. The molecule has 2 heterocycles. The fourth-order valence-corrected chi connectivity index (χ4v) is 6.44. The Bertz CT molecular complexity index is 1110. The molecule has 47 heavy (non-hydrogen) atoms. The van der Waals surface area contributed by atoms with Gasteiger partial charge in [0, 0.05) is 39.2 Å². The van der Waals surface area contributed by atoms with Crippen molar-refractivity contribution in [1.29, 1.82) is 0 Å². The summed E-state index contributed by atoms with van der Waals surface area (Å²) in [6.07, 6.45) is 9.11. The standard InChI is InChI=1S/C39H62O8/c1-27(2)14-13-17-31(43-26-29-15-11-10-12-16-29)22-32-19-18-28(3)36(44-32)24-33(42-9)20-30(40)21-34-23-35(46-39(7,8)45-34)25-37(41)47-38(4,5)6/h10-13,15-17,27-28,31-36H,14,18-26H2,1-9H3/b17-13+/t28-,31-,32-,33-,34+,35+,36+/m0/s1. The normalized spacial score (nSPS) is 26.3. The summed E-state index contributed by atoms with van der Waals surface area (Å²) in [7, 11) is 1.67. The maximum atomic E-state index is 13.3. The van der Waals surface area contributed by atoms with Crippen molar-refractivity contribution in [3.8, 4) is 0 Å². The summed E-state index contributed by atoms with van der Waals surface area (Å²) in [5, 5.41) is 0. The summed E-state index contributed by atoms with van der Waals surface area (Å²) < 4.78 is 36.5. The number of ether oxygens (including phenoxy) is 6. The van der Waals surface area contributed by atoms with Crippen molar-refractivity contribution in [2.24, 2.45) is 11.8 Å². The molecule has 1 aromatic rings. The minimum absolute atomic E-state index is 0.00242. The first-order valence-electron chi connectivity index (χ1n) is 17.7. The van der Waals surface area contributed by atoms with E-state index in [4.69, 9.17) is 28.4 Å². The first kappa shape index (κ1) is 39.3. The van der Waals surface area contributed by atoms with Gasteiger partial charge in [-0.1, -0.05) is 63.3 Å². The number of ketones is 1. The molecule has 2 aliphatic heterocycles. The molecule has 2 saturated heterocycles. The van der Waals surface area contributed by atoms with Crippen LogP contribution in [0.25, 0.3) is 0 Å². The van der Waals surface area contributed by atoms with Crippen LogP contribution in [0.15, 0.2) is 42.5 Å². The number of rotatable bonds is 17. The van der Waals surface area contributed by atoms with Crippen molar-refractivity contribution in [3.63, 3.8) is 0 Å². The Hall–Kier alpha value is -2.10. The largest absolute Gasteiger partial charge is 0.460 e. The Labute approximate surface area is 284 Å². The van der Waals surface area contributed by atoms with Crippen LogP contribution >= 0.6 is 0 Å². The fourth-order valence-electron chi connectivity index (χ4n) is 6.44. The van der Waals surface area contributed by atoms with Crippen LogP contribution in [0.1, 0.15) is 119 Å². The Morgan fingerprint density at radius 1 is 1.00 bits per heavy atom. The third kappa shape index (κ3) is 15.3. The summed E-state index contributed by atoms with van der Waals surface area (Å²) >= 11 is 0. The highest BCUT2D eigenvalue weighted by Crippen LogP contribution is 2.33. The predicted molar refractivity (Wildman–Crippen MR) is 184 cm³/mol. The Kier molecular flexibility index (Phi) is 15.6. The summed E-state index contributed by atoms with van der Waals surface area (Å²) in [5.74, 6) is -0.184. The molecular weight excluding hydrogens is 596 g/mol. The lowest BCUT2D eigenvalue weighted by atomic mass is 9.87. The minimum atomic E-state index is -0.899. The highest BCUT2D eigenvalue weighted by molar-refractivity contribution is 5.79. The van der Waals surface area contributed by atoms with E-state index in [1.165, 1.54) is 0 Å². The van der Waals surface area contributed by atoms with Gasteiger partial charge in [0.05, 0.1) is 49.7 Å². The van der Waals surface area contributed by atoms with Crippen molar-refractivity contribution in [2.45, 2.75) is 168 Å². The number of benzene rings is 1. The lowest BCUT2D eigenvalue weighted by Crippen LogP contribution is -2.46. The van der Waals surface area contributed by atoms with Gasteiger partial charge in [0.1, 0.15) is 11.4 Å². The van der Waals surface area contributed by atoms with Gasteiger partial charge in [0.15, 0.2) is 5.79 Å². The molecule has 7 atom stereocenters. The molecule has 1 aromatic carbocycles. The molecule has 0 aromatic heterocycles. The lowest BCUT2D eigenvalue weighted by Gasteiger charge is -2.40. The van der Waals surface area contributed by atoms with E-state index < -0.39 is 11.4 Å². The summed E-state index contributed by atoms with van der Waals surface area (Å²) in [4.78, 5) is 25.8. The summed E-state index contributed by atoms with van der Waals surface area (Å²) in [6, 6.07) is 10.3. The number of carbonyl (C=O) groups is 2. The van der Waals surface area contributed by atoms with E-state index in [0.717, 1.165) is 31.2 Å². The molecule has 0 spiro atoms. The molecule has 0 amide bonds. The molecule has 0 N–H and O–H groups in total. The van der Waals surface area contributed by atoms with Crippen molar-refractivity contribution in [2.75, 3.05) is 7.11 Å². The number of allylic oxidation sites excluding steroid dienone is 1. The van der Waals surface area contributed by atoms with E-state index in [9.17, 15) is 9.59 Å². The molecular formula is C39H62O8. The van der Waals surface area contributed by atoms with Crippen LogP contribution in [0.2, 0.25) is 0 Å². The quantitative estimate of drug-likeness (QED) is 0.122. The van der Waals surface area contributed by atoms with Crippen LogP contribution in [0.5, 0.6) is 0 Å². The van der Waals surface area contributed by atoms with Crippen molar-refractivity contribution in [1.82, 2.24) is 0 Å². The Balaban J connectivity index is 1.54. The second-order valence-corrected chi connectivity index (χ2v) is 15.4. The molecule has 0 saturated carbocycles. The van der Waals surface area contributed by atoms with Gasteiger partial charge in [-0.05, 0) is 71.3 Å². The Morgan fingerprint density at radius 2 is 1.68 bits per heavy atom. The van der Waals surface area contributed by atoms with E-state index in [1.54, 1.807) is 7.11 Å². The van der Waals surface area contributed by atoms with Gasteiger partial charge in [-0.25, -0.2) is 0 Å². The number of methoxy groups -OCH3 is 1. The maximum absolute atomic E-state index is 13.3. The van der Waals surface area contributed by atoms with Gasteiger partial charge in [-0.15, -0.1) is 0 Å². The molecule has 3 rings (SSSR count). The minimum Gasteiger partial charge on any atom is -0.460 e. The van der Waals surface area contributed by atoms with Gasteiger partial charge >= 0.3 is 5.97 Å². The molecule has 8 nitrogen and oxygen atoms in total. The Morgan fingerprint density at radius 3 is 2.32 bits per heavy atom. The van der Waals surface area contributed by atoms with Crippen LogP contribution in [-0.4, -0.2) is 66.9 Å². The molecule has 0 aliphatic carbocycles. The number of carbonyl (C=O) groups excluding carboxylic acids is 2. The van der Waals surface area contributed by atoms with E-state index in [2.05, 4.69) is 45.1 Å². The topological polar surface area (TPSA) is 89.5 Å². The van der Waals surface area contributed by atoms with Crippen LogP contribution in [-0.2, 0) is 44.6 Å². The average Bonchev–Trinajstić information content (AvgIpc) is 2.95. The highest BCUT2D eigenvalue weighted by Gasteiger charge is 2.38. The molecule has 0 unspecified atom stereocenters. The van der Waals surface area contributed by atoms with Crippen LogP contribution in [0.4, 0.5) is 0 Å². The van der Waals surface area contributed by atoms with E-state index in [-0.39, 0.29) is 67.6 Å². The van der Waals surface area contributed by atoms with E-state index in [1.807, 2.05) is 52.8 Å². The number of esters is 1. The number of hydrogen-bond acceptors (Lipinski definition) is 8. The smallest absolute Gasteiger partial charge is 0.308 e. The number of hydrogen-bond donors (Lipinski definition) is 0. The van der Waals surface area contributed by atoms with Crippen LogP contribution in [0, 0.1) is 11.8 Å². The summed E-state index contributed by atoms with van der Waals surface area (Å²) in [5.41, 5.74) is 0.594. The lowest BCUT2D eigenvalue weighted by molar-refractivity contribution is -0.299. The zero-order chi connectivity index (χ0) is 34.6. The van der Waals surface area contributed by atoms with Gasteiger partial charge in [0.25, 0.3) is 0 Å². The van der Waals surface area contributed by atoms with Crippen LogP contribution in [0.3, 0.4) is 0 Å². The van der Waals surface area contributed by atoms with E-state index in [0.29, 0.717) is 31.3 Å². The fraction of sp³-hybridized carbons (Fsp3) is 0.744. The second-order valence-electron chi connectivity index (χ2n) is 15.4. The molecule has 0 radical (unpaired) electrons. The zero-order valence-corrected chi connectivity index (χ0v) is 30.5. The average molecular weight is 659 g/mol. The van der Waals surface area contributed by atoms with Crippen LogP contribution < -0.4 is 0 Å². The zero-order valence-electron chi connectivity index (χ0n) is 30.5. The molecule has 2 aliphatic rings. The van der Waals surface area contributed by atoms with Gasteiger partial charge in [-0.3, -0.25) is 9.59 Å². The third-order valence-corrected chi connectivity index (χ3v) is 8.69.